The second kappa shape index (κ2) is 20.8. The Hall–Kier alpha value is -6.04. The van der Waals surface area contributed by atoms with E-state index >= 15 is 0 Å². The van der Waals surface area contributed by atoms with Crippen LogP contribution in [0.3, 0.4) is 0 Å². The van der Waals surface area contributed by atoms with Crippen LogP contribution in [-0.4, -0.2) is 59.9 Å². The number of hydrogen-bond acceptors (Lipinski definition) is 8. The Morgan fingerprint density at radius 1 is 0.596 bits per heavy atom. The first-order chi connectivity index (χ1) is 27.2. The summed E-state index contributed by atoms with van der Waals surface area (Å²) in [5, 5.41) is 24.9. The molecular formula is C45H54N2O10. The molecular weight excluding hydrogens is 728 g/mol. The molecule has 12 heteroatoms. The number of carbonyl (C=O) groups is 4. The summed E-state index contributed by atoms with van der Waals surface area (Å²) in [6, 6.07) is 19.0. The number of carboxylic acids is 2. The third kappa shape index (κ3) is 12.5. The minimum atomic E-state index is -1.11. The highest BCUT2D eigenvalue weighted by Crippen LogP contribution is 2.35. The van der Waals surface area contributed by atoms with Crippen LogP contribution in [0.2, 0.25) is 0 Å². The van der Waals surface area contributed by atoms with E-state index in [-0.39, 0.29) is 45.8 Å². The van der Waals surface area contributed by atoms with Crippen LogP contribution in [0.4, 0.5) is 11.4 Å². The van der Waals surface area contributed by atoms with Gasteiger partial charge in [-0.3, -0.25) is 9.59 Å². The van der Waals surface area contributed by atoms with Gasteiger partial charge in [0, 0.05) is 0 Å². The summed E-state index contributed by atoms with van der Waals surface area (Å²) in [5.41, 5.74) is 2.64. The molecule has 0 saturated heterocycles. The van der Waals surface area contributed by atoms with Crippen molar-refractivity contribution in [2.24, 2.45) is 11.8 Å². The largest absolute Gasteiger partial charge is 0.493 e. The number of ether oxygens (including phenoxy) is 4. The number of benzene rings is 4. The van der Waals surface area contributed by atoms with Crippen molar-refractivity contribution in [3.63, 3.8) is 0 Å². The van der Waals surface area contributed by atoms with E-state index in [0.29, 0.717) is 66.2 Å². The number of amides is 2. The molecule has 0 aliphatic carbocycles. The molecule has 0 fully saturated rings. The van der Waals surface area contributed by atoms with Crippen molar-refractivity contribution in [1.29, 1.82) is 0 Å². The highest BCUT2D eigenvalue weighted by Gasteiger charge is 2.21. The van der Waals surface area contributed by atoms with Crippen LogP contribution in [0.25, 0.3) is 11.1 Å². The Labute approximate surface area is 334 Å². The standard InChI is InChI=1S/C45H54N2O10/c1-8-10-20-54-40-24-32(44(50)51)13-17-36(40)46-43(49)35-16-12-31(23-39(35)56-26-28(5)6)30-11-15-34(38(22-30)55-21-19-27(3)4)42(48)47-37-18-14-33(45(52)53)25-41(37)57-29(7)9-2/h11-18,22-25,27-29H,8-10,19-21,26H2,1-7H3,(H,46,49)(H,47,48)(H,50,51)(H,52,53). The summed E-state index contributed by atoms with van der Waals surface area (Å²) >= 11 is 0. The average molecular weight is 783 g/mol. The van der Waals surface area contributed by atoms with Crippen molar-refractivity contribution >= 4 is 35.1 Å². The summed E-state index contributed by atoms with van der Waals surface area (Å²) < 4.78 is 24.3. The Morgan fingerprint density at radius 3 is 1.60 bits per heavy atom. The van der Waals surface area contributed by atoms with Gasteiger partial charge >= 0.3 is 11.9 Å². The topological polar surface area (TPSA) is 170 Å². The molecule has 2 amide bonds. The number of hydrogen-bond donors (Lipinski definition) is 4. The third-order valence-electron chi connectivity index (χ3n) is 8.92. The van der Waals surface area contributed by atoms with Crippen LogP contribution in [0.1, 0.15) is 116 Å². The maximum atomic E-state index is 13.9. The monoisotopic (exact) mass is 782 g/mol. The first-order valence-corrected chi connectivity index (χ1v) is 19.4. The lowest BCUT2D eigenvalue weighted by Crippen LogP contribution is -2.17. The van der Waals surface area contributed by atoms with Gasteiger partial charge in [0.05, 0.1) is 59.6 Å². The van der Waals surface area contributed by atoms with Crippen molar-refractivity contribution in [3.8, 4) is 34.1 Å². The molecule has 4 aromatic carbocycles. The van der Waals surface area contributed by atoms with E-state index < -0.39 is 23.8 Å². The van der Waals surface area contributed by atoms with Crippen molar-refractivity contribution in [2.75, 3.05) is 30.5 Å². The molecule has 0 bridgehead atoms. The number of aromatic carboxylic acids is 2. The van der Waals surface area contributed by atoms with Gasteiger partial charge < -0.3 is 39.8 Å². The van der Waals surface area contributed by atoms with Crippen LogP contribution in [0, 0.1) is 11.8 Å². The van der Waals surface area contributed by atoms with Crippen molar-refractivity contribution < 1.29 is 48.3 Å². The molecule has 57 heavy (non-hydrogen) atoms. The minimum absolute atomic E-state index is 0.0316. The normalized spacial score (nSPS) is 11.5. The van der Waals surface area contributed by atoms with E-state index in [1.807, 2.05) is 34.6 Å². The van der Waals surface area contributed by atoms with Crippen molar-refractivity contribution in [3.05, 3.63) is 95.1 Å². The zero-order valence-electron chi connectivity index (χ0n) is 33.8. The molecule has 0 radical (unpaired) electrons. The first kappa shape index (κ1) is 43.7. The van der Waals surface area contributed by atoms with Crippen LogP contribution >= 0.6 is 0 Å². The Morgan fingerprint density at radius 2 is 1.11 bits per heavy atom. The van der Waals surface area contributed by atoms with Gasteiger partial charge in [-0.15, -0.1) is 0 Å². The summed E-state index contributed by atoms with van der Waals surface area (Å²) in [6.07, 6.45) is 2.83. The maximum absolute atomic E-state index is 13.9. The fourth-order valence-electron chi connectivity index (χ4n) is 5.42. The molecule has 1 unspecified atom stereocenters. The van der Waals surface area contributed by atoms with Crippen molar-refractivity contribution in [2.45, 2.75) is 80.3 Å². The molecule has 12 nitrogen and oxygen atoms in total. The second-order valence-corrected chi connectivity index (χ2v) is 14.6. The van der Waals surface area contributed by atoms with Crippen molar-refractivity contribution in [1.82, 2.24) is 0 Å². The smallest absolute Gasteiger partial charge is 0.335 e. The molecule has 0 heterocycles. The lowest BCUT2D eigenvalue weighted by atomic mass is 10.00. The Kier molecular flexibility index (Phi) is 15.9. The van der Waals surface area contributed by atoms with E-state index in [0.717, 1.165) is 19.3 Å². The number of nitrogens with one attached hydrogen (secondary N) is 2. The highest BCUT2D eigenvalue weighted by molar-refractivity contribution is 6.09. The lowest BCUT2D eigenvalue weighted by molar-refractivity contribution is 0.0685. The molecule has 0 aliphatic heterocycles. The Bertz CT molecular complexity index is 2040. The van der Waals surface area contributed by atoms with Crippen LogP contribution in [0.5, 0.6) is 23.0 Å². The summed E-state index contributed by atoms with van der Waals surface area (Å²) in [5.74, 6) is -1.49. The van der Waals surface area contributed by atoms with Gasteiger partial charge in [0.1, 0.15) is 23.0 Å². The molecule has 0 aliphatic rings. The average Bonchev–Trinajstić information content (AvgIpc) is 3.17. The van der Waals surface area contributed by atoms with Crippen LogP contribution in [-0.2, 0) is 0 Å². The maximum Gasteiger partial charge on any atom is 0.335 e. The van der Waals surface area contributed by atoms with Gasteiger partial charge in [-0.05, 0) is 110 Å². The number of carboxylic acid groups (broad SMARTS) is 2. The van der Waals surface area contributed by atoms with E-state index in [9.17, 15) is 29.4 Å². The van der Waals surface area contributed by atoms with Gasteiger partial charge in [0.15, 0.2) is 0 Å². The molecule has 4 N–H and O–H groups in total. The van der Waals surface area contributed by atoms with E-state index in [2.05, 4.69) is 24.5 Å². The molecule has 4 rings (SSSR count). The molecule has 0 spiro atoms. The fraction of sp³-hybridized carbons (Fsp3) is 0.378. The lowest BCUT2D eigenvalue weighted by Gasteiger charge is -2.19. The molecule has 0 saturated carbocycles. The van der Waals surface area contributed by atoms with Crippen LogP contribution in [0.15, 0.2) is 72.8 Å². The van der Waals surface area contributed by atoms with Crippen LogP contribution < -0.4 is 29.6 Å². The zero-order valence-corrected chi connectivity index (χ0v) is 33.8. The number of unbranched alkanes of at least 4 members (excludes halogenated alkanes) is 1. The molecule has 304 valence electrons. The second-order valence-electron chi connectivity index (χ2n) is 14.6. The van der Waals surface area contributed by atoms with Gasteiger partial charge in [-0.25, -0.2) is 9.59 Å². The molecule has 1 atom stereocenters. The Balaban J connectivity index is 1.70. The quantitative estimate of drug-likeness (QED) is 0.0597. The zero-order chi connectivity index (χ0) is 41.6. The third-order valence-corrected chi connectivity index (χ3v) is 8.92. The highest BCUT2D eigenvalue weighted by atomic mass is 16.5. The molecule has 4 aromatic rings. The van der Waals surface area contributed by atoms with Gasteiger partial charge in [-0.2, -0.15) is 0 Å². The predicted octanol–water partition coefficient (Wildman–Crippen LogP) is 10.1. The SMILES string of the molecule is CCCCOc1cc(C(=O)O)ccc1NC(=O)c1ccc(-c2ccc(C(=O)Nc3ccc(C(=O)O)cc3OC(C)CC)c(OCCC(C)C)c2)cc1OCC(C)C. The van der Waals surface area contributed by atoms with Gasteiger partial charge in [0.25, 0.3) is 11.8 Å². The molecule has 0 aromatic heterocycles. The van der Waals surface area contributed by atoms with E-state index in [4.69, 9.17) is 18.9 Å². The number of carbonyl (C=O) groups excluding carboxylic acids is 2. The predicted molar refractivity (Wildman–Crippen MR) is 221 cm³/mol. The van der Waals surface area contributed by atoms with E-state index in [1.54, 1.807) is 36.4 Å². The van der Waals surface area contributed by atoms with Gasteiger partial charge in [0.2, 0.25) is 0 Å². The number of rotatable bonds is 21. The summed E-state index contributed by atoms with van der Waals surface area (Å²) in [4.78, 5) is 51.0. The summed E-state index contributed by atoms with van der Waals surface area (Å²) in [6.45, 7) is 15.0. The van der Waals surface area contributed by atoms with Gasteiger partial charge in [-0.1, -0.05) is 60.1 Å². The first-order valence-electron chi connectivity index (χ1n) is 19.4. The fourth-order valence-corrected chi connectivity index (χ4v) is 5.42. The minimum Gasteiger partial charge on any atom is -0.493 e. The number of anilines is 2. The van der Waals surface area contributed by atoms with E-state index in [1.165, 1.54) is 36.4 Å². The summed E-state index contributed by atoms with van der Waals surface area (Å²) in [7, 11) is 0.